The lowest BCUT2D eigenvalue weighted by Gasteiger charge is -2.27. The van der Waals surface area contributed by atoms with E-state index in [2.05, 4.69) is 13.8 Å². The van der Waals surface area contributed by atoms with E-state index >= 15 is 0 Å². The second-order valence-electron chi connectivity index (χ2n) is 9.56. The van der Waals surface area contributed by atoms with Crippen LogP contribution in [0.25, 0.3) is 10.2 Å². The van der Waals surface area contributed by atoms with Crippen molar-refractivity contribution >= 4 is 50.7 Å². The van der Waals surface area contributed by atoms with Gasteiger partial charge in [-0.15, -0.1) is 11.3 Å². The summed E-state index contributed by atoms with van der Waals surface area (Å²) in [5.41, 5.74) is 1.80. The Morgan fingerprint density at radius 1 is 1.24 bits per heavy atom. The number of thiophene rings is 1. The van der Waals surface area contributed by atoms with Gasteiger partial charge in [0.1, 0.15) is 4.83 Å². The van der Waals surface area contributed by atoms with Crippen LogP contribution in [0.2, 0.25) is 5.02 Å². The van der Waals surface area contributed by atoms with Crippen LogP contribution >= 0.6 is 34.7 Å². The maximum absolute atomic E-state index is 14.0. The van der Waals surface area contributed by atoms with Gasteiger partial charge in [-0.05, 0) is 48.6 Å². The van der Waals surface area contributed by atoms with Gasteiger partial charge >= 0.3 is 0 Å². The molecule has 2 aromatic heterocycles. The normalized spacial score (nSPS) is 19.0. The number of carbonyl (C=O) groups excluding carboxylic acids is 1. The number of hydrogen-bond donors (Lipinski definition) is 0. The lowest BCUT2D eigenvalue weighted by atomic mass is 9.94. The first-order valence-corrected chi connectivity index (χ1v) is 14.2. The number of carbonyl (C=O) groups is 1. The highest BCUT2D eigenvalue weighted by atomic mass is 35.5. The van der Waals surface area contributed by atoms with Crippen molar-refractivity contribution in [2.45, 2.75) is 76.3 Å². The molecule has 5 rings (SSSR count). The van der Waals surface area contributed by atoms with E-state index in [4.69, 9.17) is 21.3 Å². The maximum Gasteiger partial charge on any atom is 0.263 e. The van der Waals surface area contributed by atoms with Crippen LogP contribution in [-0.2, 0) is 17.8 Å². The highest BCUT2D eigenvalue weighted by Gasteiger charge is 2.30. The number of Topliss-reactive ketones (excluding diaryl/α,β-unsaturated/α-hetero) is 1. The van der Waals surface area contributed by atoms with Gasteiger partial charge in [-0.1, -0.05) is 56.5 Å². The number of fused-ring (bicyclic) bond motifs is 3. The SMILES string of the molecule is CC(C)C1Cc2c(sc3nc(SCC(=O)c4ccc(Cl)cc4)n(C4CCCCC4)c(=O)c23)CO1. The zero-order chi connectivity index (χ0) is 23.8. The third kappa shape index (κ3) is 4.72. The molecule has 1 aliphatic carbocycles. The van der Waals surface area contributed by atoms with Crippen LogP contribution in [-0.4, -0.2) is 27.2 Å². The molecule has 180 valence electrons. The van der Waals surface area contributed by atoms with Crippen LogP contribution in [0.1, 0.15) is 72.8 Å². The number of thioether (sulfide) groups is 1. The molecule has 0 saturated heterocycles. The molecule has 0 N–H and O–H groups in total. The summed E-state index contributed by atoms with van der Waals surface area (Å²) in [5.74, 6) is 0.630. The molecule has 2 aliphatic rings. The smallest absolute Gasteiger partial charge is 0.263 e. The summed E-state index contributed by atoms with van der Waals surface area (Å²) in [7, 11) is 0. The molecular weight excluding hydrogens is 488 g/mol. The van der Waals surface area contributed by atoms with Crippen molar-refractivity contribution in [3.05, 3.63) is 55.6 Å². The number of rotatable bonds is 6. The molecule has 3 heterocycles. The number of halogens is 1. The zero-order valence-electron chi connectivity index (χ0n) is 19.5. The van der Waals surface area contributed by atoms with Crippen molar-refractivity contribution in [2.24, 2.45) is 5.92 Å². The van der Waals surface area contributed by atoms with Gasteiger partial charge in [-0.3, -0.25) is 14.2 Å². The average Bonchev–Trinajstić information content (AvgIpc) is 3.21. The minimum atomic E-state index is 0.00450. The Bertz CT molecular complexity index is 1260. The molecule has 0 radical (unpaired) electrons. The fourth-order valence-corrected chi connectivity index (χ4v) is 7.21. The second-order valence-corrected chi connectivity index (χ2v) is 12.0. The average molecular weight is 517 g/mol. The number of ether oxygens (including phenoxy) is 1. The molecule has 3 aromatic rings. The fraction of sp³-hybridized carbons (Fsp3) is 0.500. The Kier molecular flexibility index (Phi) is 7.17. The molecule has 1 saturated carbocycles. The fourth-order valence-electron chi connectivity index (χ4n) is 4.96. The standard InChI is InChI=1S/C26H29ClN2O3S2/c1-15(2)21-12-19-22(13-32-21)34-24-23(19)25(31)29(18-6-4-3-5-7-18)26(28-24)33-14-20(30)16-8-10-17(27)11-9-16/h8-11,15,18,21H,3-7,12-14H2,1-2H3. The molecular formula is C26H29ClN2O3S2. The summed E-state index contributed by atoms with van der Waals surface area (Å²) in [6, 6.07) is 7.08. The van der Waals surface area contributed by atoms with Gasteiger partial charge in [-0.2, -0.15) is 0 Å². The van der Waals surface area contributed by atoms with Crippen LogP contribution in [0.15, 0.2) is 34.2 Å². The molecule has 0 spiro atoms. The lowest BCUT2D eigenvalue weighted by molar-refractivity contribution is 0.00200. The minimum Gasteiger partial charge on any atom is -0.372 e. The Hall–Kier alpha value is -1.67. The van der Waals surface area contributed by atoms with Crippen LogP contribution in [0.4, 0.5) is 0 Å². The van der Waals surface area contributed by atoms with Gasteiger partial charge in [-0.25, -0.2) is 4.98 Å². The molecule has 0 bridgehead atoms. The molecule has 5 nitrogen and oxygen atoms in total. The molecule has 34 heavy (non-hydrogen) atoms. The number of ketones is 1. The molecule has 0 amide bonds. The van der Waals surface area contributed by atoms with E-state index in [1.165, 1.54) is 18.2 Å². The third-order valence-electron chi connectivity index (χ3n) is 6.92. The van der Waals surface area contributed by atoms with Gasteiger partial charge in [0.05, 0.1) is 23.8 Å². The van der Waals surface area contributed by atoms with Crippen LogP contribution < -0.4 is 5.56 Å². The molecule has 1 fully saturated rings. The highest BCUT2D eigenvalue weighted by molar-refractivity contribution is 7.99. The van der Waals surface area contributed by atoms with Gasteiger partial charge in [0.2, 0.25) is 0 Å². The highest BCUT2D eigenvalue weighted by Crippen LogP contribution is 2.38. The van der Waals surface area contributed by atoms with E-state index in [0.717, 1.165) is 52.8 Å². The molecule has 1 aromatic carbocycles. The Morgan fingerprint density at radius 2 is 1.97 bits per heavy atom. The summed E-state index contributed by atoms with van der Waals surface area (Å²) in [4.78, 5) is 33.7. The topological polar surface area (TPSA) is 61.2 Å². The summed E-state index contributed by atoms with van der Waals surface area (Å²) in [5, 5.41) is 2.03. The first-order valence-electron chi connectivity index (χ1n) is 12.0. The predicted molar refractivity (Wildman–Crippen MR) is 140 cm³/mol. The number of nitrogens with zero attached hydrogens (tertiary/aromatic N) is 2. The summed E-state index contributed by atoms with van der Waals surface area (Å²) in [6.07, 6.45) is 6.29. The summed E-state index contributed by atoms with van der Waals surface area (Å²) >= 11 is 8.91. The van der Waals surface area contributed by atoms with E-state index in [-0.39, 0.29) is 29.2 Å². The number of hydrogen-bond acceptors (Lipinski definition) is 6. The molecule has 8 heteroatoms. The number of aromatic nitrogens is 2. The van der Waals surface area contributed by atoms with Crippen molar-refractivity contribution < 1.29 is 9.53 Å². The van der Waals surface area contributed by atoms with Crippen molar-refractivity contribution in [1.82, 2.24) is 9.55 Å². The largest absolute Gasteiger partial charge is 0.372 e. The Balaban J connectivity index is 1.53. The maximum atomic E-state index is 14.0. The molecule has 1 aliphatic heterocycles. The third-order valence-corrected chi connectivity index (χ3v) is 9.23. The van der Waals surface area contributed by atoms with Crippen molar-refractivity contribution in [3.8, 4) is 0 Å². The minimum absolute atomic E-state index is 0.00450. The first kappa shape index (κ1) is 24.0. The van der Waals surface area contributed by atoms with Gasteiger partial charge < -0.3 is 4.74 Å². The van der Waals surface area contributed by atoms with Crippen molar-refractivity contribution in [3.63, 3.8) is 0 Å². The monoisotopic (exact) mass is 516 g/mol. The van der Waals surface area contributed by atoms with Gasteiger partial charge in [0, 0.05) is 27.9 Å². The Labute approximate surface area is 212 Å². The van der Waals surface area contributed by atoms with Crippen molar-refractivity contribution in [2.75, 3.05) is 5.75 Å². The lowest BCUT2D eigenvalue weighted by Crippen LogP contribution is -2.31. The van der Waals surface area contributed by atoms with Crippen molar-refractivity contribution in [1.29, 1.82) is 0 Å². The van der Waals surface area contributed by atoms with E-state index < -0.39 is 0 Å². The van der Waals surface area contributed by atoms with Crippen LogP contribution in [0.5, 0.6) is 0 Å². The van der Waals surface area contributed by atoms with Gasteiger partial charge in [0.25, 0.3) is 5.56 Å². The van der Waals surface area contributed by atoms with Crippen LogP contribution in [0.3, 0.4) is 0 Å². The van der Waals surface area contributed by atoms with E-state index in [9.17, 15) is 9.59 Å². The molecule has 1 atom stereocenters. The van der Waals surface area contributed by atoms with E-state index in [1.807, 2.05) is 4.57 Å². The summed E-state index contributed by atoms with van der Waals surface area (Å²) < 4.78 is 7.97. The predicted octanol–water partition coefficient (Wildman–Crippen LogP) is 6.69. The number of benzene rings is 1. The van der Waals surface area contributed by atoms with E-state index in [1.54, 1.807) is 35.6 Å². The zero-order valence-corrected chi connectivity index (χ0v) is 21.9. The van der Waals surface area contributed by atoms with Gasteiger partial charge in [0.15, 0.2) is 10.9 Å². The second kappa shape index (κ2) is 10.1. The molecule has 1 unspecified atom stereocenters. The first-order chi connectivity index (χ1) is 16.4. The van der Waals surface area contributed by atoms with Crippen LogP contribution in [0, 0.1) is 5.92 Å². The van der Waals surface area contributed by atoms with E-state index in [0.29, 0.717) is 28.3 Å². The summed E-state index contributed by atoms with van der Waals surface area (Å²) in [6.45, 7) is 4.87. The Morgan fingerprint density at radius 3 is 2.68 bits per heavy atom. The quantitative estimate of drug-likeness (QED) is 0.207.